The molecule has 0 saturated carbocycles. The summed E-state index contributed by atoms with van der Waals surface area (Å²) in [6.45, 7) is 4.13. The van der Waals surface area contributed by atoms with Gasteiger partial charge < -0.3 is 4.74 Å². The van der Waals surface area contributed by atoms with Crippen molar-refractivity contribution in [1.29, 1.82) is 5.26 Å². The molecule has 0 unspecified atom stereocenters. The highest BCUT2D eigenvalue weighted by Crippen LogP contribution is 2.46. The maximum absolute atomic E-state index is 13.6. The zero-order chi connectivity index (χ0) is 29.6. The fraction of sp³-hybridized carbons (Fsp3) is 0.0811. The van der Waals surface area contributed by atoms with E-state index in [1.54, 1.807) is 24.3 Å². The van der Waals surface area contributed by atoms with E-state index in [1.165, 1.54) is 12.1 Å². The van der Waals surface area contributed by atoms with E-state index < -0.39 is 5.60 Å². The molecule has 0 bridgehead atoms. The molecule has 6 heteroatoms. The Morgan fingerprint density at radius 3 is 1.93 bits per heavy atom. The van der Waals surface area contributed by atoms with Gasteiger partial charge >= 0.3 is 0 Å². The van der Waals surface area contributed by atoms with Crippen molar-refractivity contribution in [3.05, 3.63) is 132 Å². The smallest absolute Gasteiger partial charge is 0.164 e. The Balaban J connectivity index is 1.39. The van der Waals surface area contributed by atoms with Gasteiger partial charge in [-0.1, -0.05) is 60.7 Å². The van der Waals surface area contributed by atoms with Gasteiger partial charge in [-0.2, -0.15) is 5.26 Å². The number of aromatic nitrogens is 3. The fourth-order valence-corrected chi connectivity index (χ4v) is 5.46. The van der Waals surface area contributed by atoms with E-state index in [0.29, 0.717) is 23.0 Å². The maximum atomic E-state index is 13.6. The van der Waals surface area contributed by atoms with Crippen molar-refractivity contribution in [3.8, 4) is 68.2 Å². The number of fused-ring (bicyclic) bond motifs is 3. The van der Waals surface area contributed by atoms with Crippen LogP contribution >= 0.6 is 0 Å². The molecule has 43 heavy (non-hydrogen) atoms. The Bertz CT molecular complexity index is 2040. The lowest BCUT2D eigenvalue weighted by atomic mass is 9.85. The van der Waals surface area contributed by atoms with Gasteiger partial charge in [0.1, 0.15) is 17.2 Å². The van der Waals surface area contributed by atoms with Crippen LogP contribution in [-0.4, -0.2) is 15.0 Å². The van der Waals surface area contributed by atoms with Crippen LogP contribution in [0.15, 0.2) is 115 Å². The monoisotopic (exact) mass is 560 g/mol. The number of ether oxygens (including phenoxy) is 1. The summed E-state index contributed by atoms with van der Waals surface area (Å²) in [7, 11) is 0. The number of rotatable bonds is 4. The number of hydrogen-bond acceptors (Lipinski definition) is 5. The molecule has 0 spiro atoms. The first-order valence-corrected chi connectivity index (χ1v) is 13.9. The molecule has 1 aliphatic rings. The molecule has 6 aromatic rings. The third-order valence-electron chi connectivity index (χ3n) is 7.67. The molecule has 0 aliphatic carbocycles. The van der Waals surface area contributed by atoms with Crippen LogP contribution in [0.3, 0.4) is 0 Å². The van der Waals surface area contributed by atoms with Gasteiger partial charge in [0.05, 0.1) is 11.6 Å². The SMILES string of the molecule is CC1(C)Oc2ccccc2-c2ccc(-c3nc(-c4ccc(C#N)cc4)nc(-c4cccc(-c5ccc(F)cc5)c4)n3)cc21. The summed E-state index contributed by atoms with van der Waals surface area (Å²) < 4.78 is 20.0. The Labute approximate surface area is 249 Å². The maximum Gasteiger partial charge on any atom is 0.164 e. The molecule has 0 N–H and O–H groups in total. The van der Waals surface area contributed by atoms with E-state index in [4.69, 9.17) is 19.7 Å². The van der Waals surface area contributed by atoms with Crippen molar-refractivity contribution in [2.24, 2.45) is 0 Å². The third-order valence-corrected chi connectivity index (χ3v) is 7.67. The lowest BCUT2D eigenvalue weighted by molar-refractivity contribution is 0.106. The number of hydrogen-bond donors (Lipinski definition) is 0. The lowest BCUT2D eigenvalue weighted by Crippen LogP contribution is -2.29. The summed E-state index contributed by atoms with van der Waals surface area (Å²) in [5.74, 6) is 2.10. The Morgan fingerprint density at radius 2 is 1.21 bits per heavy atom. The van der Waals surface area contributed by atoms with Crippen LogP contribution in [0.2, 0.25) is 0 Å². The summed E-state index contributed by atoms with van der Waals surface area (Å²) >= 11 is 0. The standard InChI is InChI=1S/C37H25FN4O/c1-37(2)32-21-28(16-19-30(32)31-8-3-4-9-33(31)43-37)36-41-34(25-12-10-23(22-39)11-13-25)40-35(42-36)27-7-5-6-26(20-27)24-14-17-29(38)18-15-24/h3-21H,1-2H3. The fourth-order valence-electron chi connectivity index (χ4n) is 5.46. The molecule has 5 aromatic carbocycles. The van der Waals surface area contributed by atoms with Gasteiger partial charge in [-0.25, -0.2) is 19.3 Å². The molecule has 0 radical (unpaired) electrons. The summed E-state index contributed by atoms with van der Waals surface area (Å²) in [4.78, 5) is 14.7. The van der Waals surface area contributed by atoms with Crippen LogP contribution in [0.1, 0.15) is 25.0 Å². The first kappa shape index (κ1) is 26.2. The molecule has 0 fully saturated rings. The number of para-hydroxylation sites is 1. The Hall–Kier alpha value is -5.67. The second-order valence-corrected chi connectivity index (χ2v) is 11.0. The second kappa shape index (κ2) is 10.3. The van der Waals surface area contributed by atoms with E-state index in [0.717, 1.165) is 50.3 Å². The van der Waals surface area contributed by atoms with Crippen LogP contribution in [0.25, 0.3) is 56.4 Å². The second-order valence-electron chi connectivity index (χ2n) is 11.0. The van der Waals surface area contributed by atoms with Gasteiger partial charge in [-0.15, -0.1) is 0 Å². The summed E-state index contributed by atoms with van der Waals surface area (Å²) in [5, 5.41) is 9.30. The number of nitrogens with zero attached hydrogens (tertiary/aromatic N) is 4. The van der Waals surface area contributed by atoms with Gasteiger partial charge in [-0.05, 0) is 85.1 Å². The third kappa shape index (κ3) is 4.92. The zero-order valence-electron chi connectivity index (χ0n) is 23.5. The molecule has 5 nitrogen and oxygen atoms in total. The average Bonchev–Trinajstić information content (AvgIpc) is 3.04. The predicted molar refractivity (Wildman–Crippen MR) is 165 cm³/mol. The molecular weight excluding hydrogens is 535 g/mol. The highest BCUT2D eigenvalue weighted by Gasteiger charge is 2.33. The molecule has 7 rings (SSSR count). The van der Waals surface area contributed by atoms with Crippen LogP contribution in [-0.2, 0) is 5.60 Å². The van der Waals surface area contributed by atoms with Crippen LogP contribution in [0.5, 0.6) is 5.75 Å². The topological polar surface area (TPSA) is 71.7 Å². The van der Waals surface area contributed by atoms with Crippen molar-refractivity contribution < 1.29 is 9.13 Å². The van der Waals surface area contributed by atoms with Gasteiger partial charge in [0.2, 0.25) is 0 Å². The van der Waals surface area contributed by atoms with Gasteiger partial charge in [0.15, 0.2) is 17.5 Å². The van der Waals surface area contributed by atoms with Gasteiger partial charge in [-0.3, -0.25) is 0 Å². The quantitative estimate of drug-likeness (QED) is 0.215. The van der Waals surface area contributed by atoms with Crippen molar-refractivity contribution in [2.45, 2.75) is 19.4 Å². The minimum Gasteiger partial charge on any atom is -0.482 e. The van der Waals surface area contributed by atoms with Crippen molar-refractivity contribution in [3.63, 3.8) is 0 Å². The van der Waals surface area contributed by atoms with Crippen molar-refractivity contribution in [2.75, 3.05) is 0 Å². The Morgan fingerprint density at radius 1 is 0.605 bits per heavy atom. The summed E-state index contributed by atoms with van der Waals surface area (Å²) in [5.41, 5.74) is 7.43. The van der Waals surface area contributed by atoms with Crippen molar-refractivity contribution in [1.82, 2.24) is 15.0 Å². The summed E-state index contributed by atoms with van der Waals surface area (Å²) in [6, 6.07) is 37.9. The molecule has 0 amide bonds. The molecule has 2 heterocycles. The minimum absolute atomic E-state index is 0.281. The van der Waals surface area contributed by atoms with Crippen molar-refractivity contribution >= 4 is 0 Å². The minimum atomic E-state index is -0.561. The largest absolute Gasteiger partial charge is 0.482 e. The van der Waals surface area contributed by atoms with Gasteiger partial charge in [0, 0.05) is 27.8 Å². The molecule has 0 atom stereocenters. The van der Waals surface area contributed by atoms with Crippen LogP contribution in [0.4, 0.5) is 4.39 Å². The first-order valence-electron chi connectivity index (χ1n) is 13.9. The van der Waals surface area contributed by atoms with E-state index in [1.807, 2.05) is 60.7 Å². The molecule has 1 aromatic heterocycles. The molecular formula is C37H25FN4O. The normalized spacial score (nSPS) is 12.9. The zero-order valence-corrected chi connectivity index (χ0v) is 23.5. The van der Waals surface area contributed by atoms with E-state index in [-0.39, 0.29) is 5.82 Å². The van der Waals surface area contributed by atoms with Crippen LogP contribution in [0, 0.1) is 17.1 Å². The lowest BCUT2D eigenvalue weighted by Gasteiger charge is -2.35. The van der Waals surface area contributed by atoms with E-state index >= 15 is 0 Å². The number of halogens is 1. The predicted octanol–water partition coefficient (Wildman–Crippen LogP) is 8.84. The molecule has 206 valence electrons. The molecule has 0 saturated heterocycles. The average molecular weight is 561 g/mol. The number of benzene rings is 5. The Kier molecular flexibility index (Phi) is 6.29. The van der Waals surface area contributed by atoms with Crippen LogP contribution < -0.4 is 4.74 Å². The highest BCUT2D eigenvalue weighted by molar-refractivity contribution is 5.80. The van der Waals surface area contributed by atoms with E-state index in [9.17, 15) is 9.65 Å². The van der Waals surface area contributed by atoms with Gasteiger partial charge in [0.25, 0.3) is 0 Å². The number of nitriles is 1. The first-order chi connectivity index (χ1) is 20.9. The van der Waals surface area contributed by atoms with E-state index in [2.05, 4.69) is 38.1 Å². The summed E-state index contributed by atoms with van der Waals surface area (Å²) in [6.07, 6.45) is 0. The molecule has 1 aliphatic heterocycles. The highest BCUT2D eigenvalue weighted by atomic mass is 19.1.